The molecule has 0 aliphatic carbocycles. The lowest BCUT2D eigenvalue weighted by Crippen LogP contribution is -2.48. The second-order valence-electron chi connectivity index (χ2n) is 5.38. The molecule has 0 aromatic heterocycles. The van der Waals surface area contributed by atoms with E-state index in [0.717, 1.165) is 11.3 Å². The van der Waals surface area contributed by atoms with Gasteiger partial charge >= 0.3 is 0 Å². The molecular weight excluding hydrogens is 288 g/mol. The van der Waals surface area contributed by atoms with Gasteiger partial charge in [0, 0.05) is 37.7 Å². The summed E-state index contributed by atoms with van der Waals surface area (Å²) in [5, 5.41) is 9.90. The molecule has 1 aliphatic heterocycles. The Balaban J connectivity index is 1.60. The predicted molar refractivity (Wildman–Crippen MR) is 90.2 cm³/mol. The Kier molecular flexibility index (Phi) is 4.49. The van der Waals surface area contributed by atoms with Crippen molar-refractivity contribution in [3.63, 3.8) is 0 Å². The third kappa shape index (κ3) is 3.64. The van der Waals surface area contributed by atoms with Crippen LogP contribution in [0.3, 0.4) is 0 Å². The maximum atomic E-state index is 12.2. The first-order valence-electron chi connectivity index (χ1n) is 7.63. The monoisotopic (exact) mass is 306 g/mol. The molecule has 0 bridgehead atoms. The van der Waals surface area contributed by atoms with Crippen molar-refractivity contribution in [2.75, 3.05) is 31.1 Å². The molecule has 1 amide bonds. The van der Waals surface area contributed by atoms with Crippen LogP contribution < -0.4 is 4.90 Å². The first-order valence-corrected chi connectivity index (χ1v) is 7.63. The maximum absolute atomic E-state index is 12.2. The van der Waals surface area contributed by atoms with E-state index in [-0.39, 0.29) is 11.7 Å². The molecule has 4 heteroatoms. The molecule has 0 atom stereocenters. The summed E-state index contributed by atoms with van der Waals surface area (Å²) in [6.45, 7) is 2.60. The summed E-state index contributed by atoms with van der Waals surface area (Å²) in [4.78, 5) is 16.0. The van der Waals surface area contributed by atoms with Gasteiger partial charge < -0.3 is 14.9 Å². The summed E-state index contributed by atoms with van der Waals surface area (Å²) in [7, 11) is 0. The first kappa shape index (κ1) is 15.0. The average molecular weight is 306 g/mol. The van der Waals surface area contributed by atoms with Crippen LogP contribution >= 0.6 is 0 Å². The SMILES string of the molecule is O=C(C#Cc1ccccc1)N1CCN(c2ccccc2O)CC1. The number of hydrogen-bond acceptors (Lipinski definition) is 3. The molecule has 0 unspecified atom stereocenters. The van der Waals surface area contributed by atoms with Gasteiger partial charge in [0.05, 0.1) is 5.69 Å². The van der Waals surface area contributed by atoms with Gasteiger partial charge in [0.1, 0.15) is 5.75 Å². The van der Waals surface area contributed by atoms with Crippen molar-refractivity contribution in [3.8, 4) is 17.6 Å². The van der Waals surface area contributed by atoms with E-state index < -0.39 is 0 Å². The summed E-state index contributed by atoms with van der Waals surface area (Å²) in [6.07, 6.45) is 0. The van der Waals surface area contributed by atoms with Crippen molar-refractivity contribution in [2.45, 2.75) is 0 Å². The van der Waals surface area contributed by atoms with Crippen LogP contribution in [0.25, 0.3) is 0 Å². The van der Waals surface area contributed by atoms with Gasteiger partial charge in [-0.15, -0.1) is 0 Å². The van der Waals surface area contributed by atoms with Crippen LogP contribution in [0.2, 0.25) is 0 Å². The van der Waals surface area contributed by atoms with Crippen LogP contribution in [0.15, 0.2) is 54.6 Å². The highest BCUT2D eigenvalue weighted by Crippen LogP contribution is 2.27. The predicted octanol–water partition coefficient (Wildman–Crippen LogP) is 2.09. The summed E-state index contributed by atoms with van der Waals surface area (Å²) in [6, 6.07) is 16.8. The van der Waals surface area contributed by atoms with Gasteiger partial charge in [-0.1, -0.05) is 36.3 Å². The molecule has 116 valence electrons. The highest BCUT2D eigenvalue weighted by molar-refractivity contribution is 5.94. The molecule has 0 spiro atoms. The smallest absolute Gasteiger partial charge is 0.298 e. The Bertz CT molecular complexity index is 739. The number of carbonyl (C=O) groups excluding carboxylic acids is 1. The second kappa shape index (κ2) is 6.89. The van der Waals surface area contributed by atoms with E-state index in [2.05, 4.69) is 16.7 Å². The summed E-state index contributed by atoms with van der Waals surface area (Å²) in [5.74, 6) is 5.73. The fourth-order valence-corrected chi connectivity index (χ4v) is 2.61. The van der Waals surface area contributed by atoms with Crippen molar-refractivity contribution in [2.24, 2.45) is 0 Å². The number of hydrogen-bond donors (Lipinski definition) is 1. The van der Waals surface area contributed by atoms with Crippen LogP contribution in [-0.4, -0.2) is 42.1 Å². The number of aromatic hydroxyl groups is 1. The third-order valence-electron chi connectivity index (χ3n) is 3.88. The molecule has 3 rings (SSSR count). The van der Waals surface area contributed by atoms with E-state index in [4.69, 9.17) is 0 Å². The van der Waals surface area contributed by atoms with Gasteiger partial charge in [0.2, 0.25) is 0 Å². The van der Waals surface area contributed by atoms with Gasteiger partial charge in [-0.3, -0.25) is 4.79 Å². The third-order valence-corrected chi connectivity index (χ3v) is 3.88. The van der Waals surface area contributed by atoms with E-state index >= 15 is 0 Å². The Labute approximate surface area is 136 Å². The largest absolute Gasteiger partial charge is 0.506 e. The minimum Gasteiger partial charge on any atom is -0.506 e. The average Bonchev–Trinajstić information content (AvgIpc) is 2.61. The Hall–Kier alpha value is -2.93. The van der Waals surface area contributed by atoms with Crippen LogP contribution in [0.5, 0.6) is 5.75 Å². The number of amides is 1. The molecule has 2 aromatic carbocycles. The summed E-state index contributed by atoms with van der Waals surface area (Å²) < 4.78 is 0. The summed E-state index contributed by atoms with van der Waals surface area (Å²) >= 11 is 0. The molecule has 1 N–H and O–H groups in total. The minimum absolute atomic E-state index is 0.147. The molecule has 23 heavy (non-hydrogen) atoms. The lowest BCUT2D eigenvalue weighted by Gasteiger charge is -2.35. The molecule has 1 fully saturated rings. The van der Waals surface area contributed by atoms with Gasteiger partial charge in [-0.25, -0.2) is 0 Å². The number of carbonyl (C=O) groups is 1. The number of piperazine rings is 1. The zero-order valence-electron chi connectivity index (χ0n) is 12.8. The Morgan fingerprint density at radius 3 is 2.26 bits per heavy atom. The second-order valence-corrected chi connectivity index (χ2v) is 5.38. The lowest BCUT2D eigenvalue weighted by atomic mass is 10.2. The number of phenols is 1. The number of nitrogens with zero attached hydrogens (tertiary/aromatic N) is 2. The minimum atomic E-state index is -0.147. The van der Waals surface area contributed by atoms with E-state index in [9.17, 15) is 9.90 Å². The van der Waals surface area contributed by atoms with E-state index in [1.165, 1.54) is 0 Å². The molecule has 1 saturated heterocycles. The molecule has 1 heterocycles. The standard InChI is InChI=1S/C19H18N2O2/c22-18-9-5-4-8-17(18)20-12-14-21(15-13-20)19(23)11-10-16-6-2-1-3-7-16/h1-9,22H,12-15H2. The van der Waals surface area contributed by atoms with Crippen LogP contribution in [0, 0.1) is 11.8 Å². The van der Waals surface area contributed by atoms with Gasteiger partial charge in [-0.2, -0.15) is 0 Å². The quantitative estimate of drug-likeness (QED) is 0.821. The van der Waals surface area contributed by atoms with Crippen molar-refractivity contribution in [1.29, 1.82) is 0 Å². The Morgan fingerprint density at radius 2 is 1.57 bits per heavy atom. The highest BCUT2D eigenvalue weighted by atomic mass is 16.3. The molecular formula is C19H18N2O2. The zero-order valence-corrected chi connectivity index (χ0v) is 12.8. The number of rotatable bonds is 1. The molecule has 0 radical (unpaired) electrons. The maximum Gasteiger partial charge on any atom is 0.298 e. The number of phenolic OH excluding ortho intramolecular Hbond substituents is 1. The number of benzene rings is 2. The first-order chi connectivity index (χ1) is 11.2. The molecule has 0 saturated carbocycles. The zero-order chi connectivity index (χ0) is 16.1. The molecule has 4 nitrogen and oxygen atoms in total. The fraction of sp³-hybridized carbons (Fsp3) is 0.211. The fourth-order valence-electron chi connectivity index (χ4n) is 2.61. The van der Waals surface area contributed by atoms with Crippen molar-refractivity contribution in [1.82, 2.24) is 4.90 Å². The highest BCUT2D eigenvalue weighted by Gasteiger charge is 2.21. The van der Waals surface area contributed by atoms with Crippen molar-refractivity contribution in [3.05, 3.63) is 60.2 Å². The lowest BCUT2D eigenvalue weighted by molar-refractivity contribution is -0.125. The topological polar surface area (TPSA) is 43.8 Å². The van der Waals surface area contributed by atoms with E-state index in [1.54, 1.807) is 17.0 Å². The van der Waals surface area contributed by atoms with Gasteiger partial charge in [0.15, 0.2) is 0 Å². The van der Waals surface area contributed by atoms with Crippen LogP contribution in [0.1, 0.15) is 5.56 Å². The number of anilines is 1. The molecule has 1 aliphatic rings. The van der Waals surface area contributed by atoms with Crippen LogP contribution in [0.4, 0.5) is 5.69 Å². The number of para-hydroxylation sites is 2. The van der Waals surface area contributed by atoms with Crippen molar-refractivity contribution >= 4 is 11.6 Å². The normalized spacial score (nSPS) is 14.1. The summed E-state index contributed by atoms with van der Waals surface area (Å²) in [5.41, 5.74) is 1.66. The van der Waals surface area contributed by atoms with E-state index in [1.807, 2.05) is 42.5 Å². The van der Waals surface area contributed by atoms with Gasteiger partial charge in [-0.05, 0) is 24.3 Å². The van der Waals surface area contributed by atoms with Crippen molar-refractivity contribution < 1.29 is 9.90 Å². The van der Waals surface area contributed by atoms with Gasteiger partial charge in [0.25, 0.3) is 5.91 Å². The Morgan fingerprint density at radius 1 is 0.913 bits per heavy atom. The molecule has 2 aromatic rings. The van der Waals surface area contributed by atoms with E-state index in [0.29, 0.717) is 26.2 Å². The van der Waals surface area contributed by atoms with Crippen LogP contribution in [-0.2, 0) is 4.79 Å².